The van der Waals surface area contributed by atoms with E-state index in [2.05, 4.69) is 0 Å². The standard InChI is InChI=1S/C10H8F4O/c1-6(5-15)7-2-8(10(12,13)14)4-9(11)3-7/h2-6H,1H3. The number of hydrogen-bond acceptors (Lipinski definition) is 1. The van der Waals surface area contributed by atoms with E-state index in [1.54, 1.807) is 0 Å². The molecular formula is C10H8F4O. The molecule has 0 aromatic heterocycles. The molecule has 0 bridgehead atoms. The second kappa shape index (κ2) is 4.00. The van der Waals surface area contributed by atoms with E-state index in [0.29, 0.717) is 12.4 Å². The highest BCUT2D eigenvalue weighted by Crippen LogP contribution is 2.31. The highest BCUT2D eigenvalue weighted by molar-refractivity contribution is 5.61. The van der Waals surface area contributed by atoms with E-state index in [-0.39, 0.29) is 5.56 Å². The maximum absolute atomic E-state index is 12.8. The van der Waals surface area contributed by atoms with Crippen LogP contribution in [0, 0.1) is 5.82 Å². The van der Waals surface area contributed by atoms with Crippen LogP contribution < -0.4 is 0 Å². The van der Waals surface area contributed by atoms with Gasteiger partial charge in [-0.3, -0.25) is 0 Å². The molecule has 1 atom stereocenters. The molecule has 0 radical (unpaired) electrons. The molecule has 1 nitrogen and oxygen atoms in total. The number of alkyl halides is 3. The summed E-state index contributed by atoms with van der Waals surface area (Å²) < 4.78 is 49.6. The Morgan fingerprint density at radius 1 is 1.27 bits per heavy atom. The van der Waals surface area contributed by atoms with Crippen molar-refractivity contribution in [1.29, 1.82) is 0 Å². The van der Waals surface area contributed by atoms with E-state index < -0.39 is 23.5 Å². The number of halogens is 4. The summed E-state index contributed by atoms with van der Waals surface area (Å²) in [7, 11) is 0. The van der Waals surface area contributed by atoms with Crippen LogP contribution in [0.5, 0.6) is 0 Å². The quantitative estimate of drug-likeness (QED) is 0.552. The van der Waals surface area contributed by atoms with Gasteiger partial charge in [-0.25, -0.2) is 4.39 Å². The number of benzene rings is 1. The van der Waals surface area contributed by atoms with Gasteiger partial charge >= 0.3 is 6.18 Å². The minimum atomic E-state index is -4.60. The Morgan fingerprint density at radius 3 is 2.33 bits per heavy atom. The van der Waals surface area contributed by atoms with Crippen molar-refractivity contribution in [3.8, 4) is 0 Å². The van der Waals surface area contributed by atoms with Crippen LogP contribution in [-0.4, -0.2) is 6.29 Å². The molecule has 0 aliphatic heterocycles. The number of rotatable bonds is 2. The molecule has 15 heavy (non-hydrogen) atoms. The lowest BCUT2D eigenvalue weighted by Crippen LogP contribution is -2.07. The fourth-order valence-electron chi connectivity index (χ4n) is 1.12. The Bertz CT molecular complexity index is 370. The smallest absolute Gasteiger partial charge is 0.303 e. The fraction of sp³-hybridized carbons (Fsp3) is 0.300. The van der Waals surface area contributed by atoms with Crippen molar-refractivity contribution in [2.24, 2.45) is 0 Å². The number of carbonyl (C=O) groups excluding carboxylic acids is 1. The van der Waals surface area contributed by atoms with E-state index in [4.69, 9.17) is 0 Å². The molecule has 1 aromatic rings. The first-order chi connectivity index (χ1) is 6.84. The van der Waals surface area contributed by atoms with E-state index in [9.17, 15) is 22.4 Å². The van der Waals surface area contributed by atoms with Gasteiger partial charge < -0.3 is 4.79 Å². The van der Waals surface area contributed by atoms with Crippen LogP contribution in [-0.2, 0) is 11.0 Å². The zero-order valence-corrected chi connectivity index (χ0v) is 7.81. The first-order valence-electron chi connectivity index (χ1n) is 4.17. The molecule has 0 fully saturated rings. The molecular weight excluding hydrogens is 212 g/mol. The molecule has 0 saturated heterocycles. The maximum Gasteiger partial charge on any atom is 0.416 e. The van der Waals surface area contributed by atoms with Gasteiger partial charge in [0.15, 0.2) is 0 Å². The Hall–Kier alpha value is -1.39. The minimum absolute atomic E-state index is 0.0253. The predicted octanol–water partition coefficient (Wildman–Crippen LogP) is 3.15. The topological polar surface area (TPSA) is 17.1 Å². The van der Waals surface area contributed by atoms with Crippen molar-refractivity contribution < 1.29 is 22.4 Å². The third-order valence-electron chi connectivity index (χ3n) is 1.98. The maximum atomic E-state index is 12.8. The Kier molecular flexibility index (Phi) is 3.12. The van der Waals surface area contributed by atoms with Crippen LogP contribution in [0.2, 0.25) is 0 Å². The predicted molar refractivity (Wildman–Crippen MR) is 45.9 cm³/mol. The molecule has 1 unspecified atom stereocenters. The van der Waals surface area contributed by atoms with Gasteiger partial charge in [0.2, 0.25) is 0 Å². The number of carbonyl (C=O) groups is 1. The lowest BCUT2D eigenvalue weighted by Gasteiger charge is -2.10. The molecule has 0 N–H and O–H groups in total. The monoisotopic (exact) mass is 220 g/mol. The lowest BCUT2D eigenvalue weighted by molar-refractivity contribution is -0.137. The van der Waals surface area contributed by atoms with Crippen LogP contribution in [0.25, 0.3) is 0 Å². The third-order valence-corrected chi connectivity index (χ3v) is 1.98. The zero-order chi connectivity index (χ0) is 11.6. The van der Waals surface area contributed by atoms with E-state index in [1.165, 1.54) is 6.92 Å². The minimum Gasteiger partial charge on any atom is -0.303 e. The molecule has 1 rings (SSSR count). The van der Waals surface area contributed by atoms with Crippen LogP contribution in [0.3, 0.4) is 0 Å². The van der Waals surface area contributed by atoms with E-state index in [0.717, 1.165) is 12.1 Å². The molecule has 5 heteroatoms. The van der Waals surface area contributed by atoms with Crippen molar-refractivity contribution in [3.05, 3.63) is 35.1 Å². The van der Waals surface area contributed by atoms with Gasteiger partial charge in [0.25, 0.3) is 0 Å². The summed E-state index contributed by atoms with van der Waals surface area (Å²) in [5.74, 6) is -1.74. The summed E-state index contributed by atoms with van der Waals surface area (Å²) in [4.78, 5) is 10.4. The van der Waals surface area contributed by atoms with Crippen LogP contribution in [0.1, 0.15) is 24.0 Å². The molecule has 82 valence electrons. The Balaban J connectivity index is 3.22. The van der Waals surface area contributed by atoms with Crippen molar-refractivity contribution in [3.63, 3.8) is 0 Å². The van der Waals surface area contributed by atoms with Gasteiger partial charge in [0.05, 0.1) is 5.56 Å². The molecule has 0 aliphatic carbocycles. The number of aldehydes is 1. The molecule has 0 aliphatic rings. The molecule has 0 saturated carbocycles. The normalized spacial score (nSPS) is 13.7. The second-order valence-corrected chi connectivity index (χ2v) is 3.20. The second-order valence-electron chi connectivity index (χ2n) is 3.20. The van der Waals surface area contributed by atoms with E-state index in [1.807, 2.05) is 0 Å². The SMILES string of the molecule is CC(C=O)c1cc(F)cc(C(F)(F)F)c1. The zero-order valence-electron chi connectivity index (χ0n) is 7.81. The summed E-state index contributed by atoms with van der Waals surface area (Å²) in [6.07, 6.45) is -4.13. The average molecular weight is 220 g/mol. The molecule has 0 amide bonds. The molecule has 0 spiro atoms. The van der Waals surface area contributed by atoms with Crippen LogP contribution in [0.4, 0.5) is 17.6 Å². The van der Waals surface area contributed by atoms with Crippen molar-refractivity contribution in [2.45, 2.75) is 19.0 Å². The van der Waals surface area contributed by atoms with Gasteiger partial charge in [-0.05, 0) is 23.8 Å². The van der Waals surface area contributed by atoms with Gasteiger partial charge in [0.1, 0.15) is 12.1 Å². The fourth-order valence-corrected chi connectivity index (χ4v) is 1.12. The molecule has 1 aromatic carbocycles. The lowest BCUT2D eigenvalue weighted by atomic mass is 10.00. The Labute approximate surface area is 83.7 Å². The summed E-state index contributed by atoms with van der Waals surface area (Å²) in [6.45, 7) is 1.40. The van der Waals surface area contributed by atoms with Gasteiger partial charge in [-0.15, -0.1) is 0 Å². The highest BCUT2D eigenvalue weighted by Gasteiger charge is 2.31. The molecule has 0 heterocycles. The third kappa shape index (κ3) is 2.78. The first kappa shape index (κ1) is 11.7. The summed E-state index contributed by atoms with van der Waals surface area (Å²) in [6, 6.07) is 2.11. The number of hydrogen-bond donors (Lipinski definition) is 0. The van der Waals surface area contributed by atoms with Crippen molar-refractivity contribution >= 4 is 6.29 Å². The van der Waals surface area contributed by atoms with Gasteiger partial charge in [-0.1, -0.05) is 6.92 Å². The van der Waals surface area contributed by atoms with E-state index >= 15 is 0 Å². The summed E-state index contributed by atoms with van der Waals surface area (Å²) >= 11 is 0. The Morgan fingerprint density at radius 2 is 1.87 bits per heavy atom. The first-order valence-corrected chi connectivity index (χ1v) is 4.17. The van der Waals surface area contributed by atoms with Crippen molar-refractivity contribution in [2.75, 3.05) is 0 Å². The van der Waals surface area contributed by atoms with Gasteiger partial charge in [0, 0.05) is 5.92 Å². The average Bonchev–Trinajstić information content (AvgIpc) is 2.14. The highest BCUT2D eigenvalue weighted by atomic mass is 19.4. The summed E-state index contributed by atoms with van der Waals surface area (Å²) in [5, 5.41) is 0. The largest absolute Gasteiger partial charge is 0.416 e. The van der Waals surface area contributed by atoms with Gasteiger partial charge in [-0.2, -0.15) is 13.2 Å². The van der Waals surface area contributed by atoms with Crippen LogP contribution in [0.15, 0.2) is 18.2 Å². The van der Waals surface area contributed by atoms with Crippen molar-refractivity contribution in [1.82, 2.24) is 0 Å². The summed E-state index contributed by atoms with van der Waals surface area (Å²) in [5.41, 5.74) is -1.05. The van der Waals surface area contributed by atoms with Crippen LogP contribution >= 0.6 is 0 Å².